The van der Waals surface area contributed by atoms with Crippen molar-refractivity contribution in [2.24, 2.45) is 0 Å². The van der Waals surface area contributed by atoms with Crippen LogP contribution in [-0.2, 0) is 10.0 Å². The number of pyridine rings is 1. The molecule has 0 aromatic carbocycles. The summed E-state index contributed by atoms with van der Waals surface area (Å²) in [6, 6.07) is 3.36. The summed E-state index contributed by atoms with van der Waals surface area (Å²) < 4.78 is 27.3. The zero-order chi connectivity index (χ0) is 13.9. The second-order valence-electron chi connectivity index (χ2n) is 3.86. The Morgan fingerprint density at radius 2 is 2.16 bits per heavy atom. The van der Waals surface area contributed by atoms with Crippen LogP contribution in [0.3, 0.4) is 0 Å². The lowest BCUT2D eigenvalue weighted by Gasteiger charge is -2.08. The zero-order valence-electron chi connectivity index (χ0n) is 10.2. The maximum Gasteiger partial charge on any atom is 0.233 e. The molecule has 0 amide bonds. The fraction of sp³-hybridized carbons (Fsp3) is 0.273. The van der Waals surface area contributed by atoms with Gasteiger partial charge >= 0.3 is 0 Å². The highest BCUT2D eigenvalue weighted by Gasteiger charge is 2.09. The highest BCUT2D eigenvalue weighted by molar-refractivity contribution is 7.92. The molecule has 0 bridgehead atoms. The van der Waals surface area contributed by atoms with Crippen molar-refractivity contribution in [3.05, 3.63) is 36.5 Å². The van der Waals surface area contributed by atoms with E-state index in [-0.39, 0.29) is 11.6 Å². The van der Waals surface area contributed by atoms with Gasteiger partial charge in [0.25, 0.3) is 0 Å². The number of hydrogen-bond donors (Lipinski definition) is 1. The Morgan fingerprint density at radius 1 is 1.37 bits per heavy atom. The van der Waals surface area contributed by atoms with E-state index in [1.165, 1.54) is 6.20 Å². The Balaban J connectivity index is 2.18. The molecule has 19 heavy (non-hydrogen) atoms. The average Bonchev–Trinajstić information content (AvgIpc) is 2.76. The summed E-state index contributed by atoms with van der Waals surface area (Å²) in [4.78, 5) is 8.29. The van der Waals surface area contributed by atoms with E-state index in [1.807, 2.05) is 6.92 Å². The molecule has 2 rings (SSSR count). The second kappa shape index (κ2) is 5.58. The van der Waals surface area contributed by atoms with Crippen molar-refractivity contribution in [2.75, 3.05) is 16.4 Å². The van der Waals surface area contributed by atoms with Gasteiger partial charge in [-0.05, 0) is 19.1 Å². The molecule has 0 fully saturated rings. The van der Waals surface area contributed by atoms with Gasteiger partial charge in [0.15, 0.2) is 0 Å². The molecular weight excluding hydrogens is 288 g/mol. The summed E-state index contributed by atoms with van der Waals surface area (Å²) in [5, 5.41) is 0. The number of hydrogen-bond acceptors (Lipinski definition) is 4. The van der Waals surface area contributed by atoms with E-state index in [1.54, 1.807) is 29.1 Å². The van der Waals surface area contributed by atoms with E-state index < -0.39 is 10.0 Å². The SMILES string of the molecule is Cc1nccn1-c1ccc(NS(=O)(=O)CCCl)cn1. The minimum atomic E-state index is -3.40. The Hall–Kier alpha value is -1.60. The van der Waals surface area contributed by atoms with Crippen LogP contribution in [0.25, 0.3) is 5.82 Å². The maximum atomic E-state index is 11.5. The summed E-state index contributed by atoms with van der Waals surface area (Å²) >= 11 is 5.42. The molecule has 0 saturated heterocycles. The molecule has 2 aromatic rings. The van der Waals surface area contributed by atoms with Gasteiger partial charge in [-0.3, -0.25) is 9.29 Å². The quantitative estimate of drug-likeness (QED) is 0.850. The predicted octanol–water partition coefficient (Wildman–Crippen LogP) is 1.56. The molecule has 0 aliphatic rings. The topological polar surface area (TPSA) is 76.9 Å². The summed E-state index contributed by atoms with van der Waals surface area (Å²) in [6.07, 6.45) is 4.92. The molecule has 2 aromatic heterocycles. The third kappa shape index (κ3) is 3.45. The largest absolute Gasteiger partial charge is 0.288 e. The molecule has 0 unspecified atom stereocenters. The minimum Gasteiger partial charge on any atom is -0.288 e. The van der Waals surface area contributed by atoms with Gasteiger partial charge in [0, 0.05) is 18.3 Å². The summed E-state index contributed by atoms with van der Waals surface area (Å²) in [5.74, 6) is 1.41. The van der Waals surface area contributed by atoms with Crippen LogP contribution >= 0.6 is 11.6 Å². The van der Waals surface area contributed by atoms with E-state index in [0.717, 1.165) is 5.82 Å². The highest BCUT2D eigenvalue weighted by atomic mass is 35.5. The van der Waals surface area contributed by atoms with Crippen LogP contribution in [0.4, 0.5) is 5.69 Å². The van der Waals surface area contributed by atoms with Crippen molar-refractivity contribution in [3.8, 4) is 5.82 Å². The molecule has 0 aliphatic heterocycles. The highest BCUT2D eigenvalue weighted by Crippen LogP contribution is 2.12. The molecule has 8 heteroatoms. The maximum absolute atomic E-state index is 11.5. The molecule has 0 spiro atoms. The fourth-order valence-electron chi connectivity index (χ4n) is 1.54. The Bertz CT molecular complexity index is 652. The van der Waals surface area contributed by atoms with Gasteiger partial charge in [0.05, 0.1) is 17.6 Å². The molecule has 1 N–H and O–H groups in total. The van der Waals surface area contributed by atoms with Gasteiger partial charge in [-0.2, -0.15) is 0 Å². The van der Waals surface area contributed by atoms with Gasteiger partial charge in [0.2, 0.25) is 10.0 Å². The molecular formula is C11H13ClN4O2S. The number of alkyl halides is 1. The van der Waals surface area contributed by atoms with Crippen LogP contribution in [0.1, 0.15) is 5.82 Å². The van der Waals surface area contributed by atoms with E-state index in [9.17, 15) is 8.42 Å². The molecule has 0 saturated carbocycles. The van der Waals surface area contributed by atoms with E-state index >= 15 is 0 Å². The third-order valence-corrected chi connectivity index (χ3v) is 4.14. The molecule has 6 nitrogen and oxygen atoms in total. The van der Waals surface area contributed by atoms with Gasteiger partial charge in [-0.25, -0.2) is 18.4 Å². The smallest absolute Gasteiger partial charge is 0.233 e. The summed E-state index contributed by atoms with van der Waals surface area (Å²) in [5.41, 5.74) is 0.409. The third-order valence-electron chi connectivity index (χ3n) is 2.44. The summed E-state index contributed by atoms with van der Waals surface area (Å²) in [6.45, 7) is 1.86. The van der Waals surface area contributed by atoms with Gasteiger partial charge in [-0.1, -0.05) is 0 Å². The molecule has 2 heterocycles. The molecule has 0 radical (unpaired) electrons. The monoisotopic (exact) mass is 300 g/mol. The standard InChI is InChI=1S/C11H13ClN4O2S/c1-9-13-5-6-16(9)11-3-2-10(8-14-11)15-19(17,18)7-4-12/h2-3,5-6,8,15H,4,7H2,1H3. The fourth-order valence-corrected chi connectivity index (χ4v) is 2.94. The van der Waals surface area contributed by atoms with E-state index in [4.69, 9.17) is 11.6 Å². The minimum absolute atomic E-state index is 0.0507. The first-order valence-electron chi connectivity index (χ1n) is 5.55. The summed E-state index contributed by atoms with van der Waals surface area (Å²) in [7, 11) is -3.40. The lowest BCUT2D eigenvalue weighted by molar-refractivity contribution is 0.602. The van der Waals surface area contributed by atoms with E-state index in [0.29, 0.717) is 11.5 Å². The van der Waals surface area contributed by atoms with Crippen molar-refractivity contribution >= 4 is 27.3 Å². The molecule has 0 aliphatic carbocycles. The number of aromatic nitrogens is 3. The van der Waals surface area contributed by atoms with Crippen LogP contribution < -0.4 is 4.72 Å². The van der Waals surface area contributed by atoms with Crippen molar-refractivity contribution in [1.29, 1.82) is 0 Å². The predicted molar refractivity (Wildman–Crippen MR) is 74.2 cm³/mol. The number of halogens is 1. The molecule has 102 valence electrons. The lowest BCUT2D eigenvalue weighted by Crippen LogP contribution is -2.17. The Morgan fingerprint density at radius 3 is 2.68 bits per heavy atom. The normalized spacial score (nSPS) is 11.5. The van der Waals surface area contributed by atoms with Crippen molar-refractivity contribution in [3.63, 3.8) is 0 Å². The first-order valence-corrected chi connectivity index (χ1v) is 7.73. The number of nitrogens with one attached hydrogen (secondary N) is 1. The van der Waals surface area contributed by atoms with Crippen molar-refractivity contribution < 1.29 is 8.42 Å². The van der Waals surface area contributed by atoms with Gasteiger partial charge < -0.3 is 0 Å². The zero-order valence-corrected chi connectivity index (χ0v) is 11.8. The molecule has 0 atom stereocenters. The number of anilines is 1. The van der Waals surface area contributed by atoms with Gasteiger partial charge in [0.1, 0.15) is 11.6 Å². The Kier molecular flexibility index (Phi) is 4.06. The first kappa shape index (κ1) is 13.8. The van der Waals surface area contributed by atoms with Crippen LogP contribution in [0.2, 0.25) is 0 Å². The van der Waals surface area contributed by atoms with Crippen molar-refractivity contribution in [2.45, 2.75) is 6.92 Å². The average molecular weight is 301 g/mol. The number of rotatable bonds is 5. The van der Waals surface area contributed by atoms with Crippen LogP contribution in [-0.4, -0.2) is 34.6 Å². The number of sulfonamides is 1. The van der Waals surface area contributed by atoms with E-state index in [2.05, 4.69) is 14.7 Å². The number of imidazole rings is 1. The number of aryl methyl sites for hydroxylation is 1. The Labute approximate surface area is 116 Å². The van der Waals surface area contributed by atoms with Gasteiger partial charge in [-0.15, -0.1) is 11.6 Å². The first-order chi connectivity index (χ1) is 9.02. The number of nitrogens with zero attached hydrogens (tertiary/aromatic N) is 3. The van der Waals surface area contributed by atoms with Crippen LogP contribution in [0.5, 0.6) is 0 Å². The van der Waals surface area contributed by atoms with Crippen molar-refractivity contribution in [1.82, 2.24) is 14.5 Å². The van der Waals surface area contributed by atoms with Crippen LogP contribution in [0, 0.1) is 6.92 Å². The lowest BCUT2D eigenvalue weighted by atomic mass is 10.4. The second-order valence-corrected chi connectivity index (χ2v) is 6.08. The van der Waals surface area contributed by atoms with Crippen LogP contribution in [0.15, 0.2) is 30.7 Å².